The molecule has 0 aliphatic rings. The van der Waals surface area contributed by atoms with E-state index in [1.165, 1.54) is 0 Å². The number of hydrogen-bond acceptors (Lipinski definition) is 5. The van der Waals surface area contributed by atoms with Gasteiger partial charge in [0.2, 0.25) is 5.91 Å². The molecule has 0 spiro atoms. The Hall–Kier alpha value is -3.02. The van der Waals surface area contributed by atoms with Crippen LogP contribution in [0.25, 0.3) is 0 Å². The number of nitrogens with zero attached hydrogens (tertiary/aromatic N) is 1. The molecule has 33 heavy (non-hydrogen) atoms. The maximum Gasteiger partial charge on any atom is 0.251 e. The summed E-state index contributed by atoms with van der Waals surface area (Å²) in [6.45, 7) is 3.70. The Balaban J connectivity index is 0.00000544. The molecule has 2 aromatic rings. The van der Waals surface area contributed by atoms with E-state index in [0.29, 0.717) is 36.1 Å². The molecule has 2 aromatic carbocycles. The third kappa shape index (κ3) is 9.56. The molecular formula is C23H32IN5O4. The van der Waals surface area contributed by atoms with Gasteiger partial charge in [-0.3, -0.25) is 9.59 Å². The summed E-state index contributed by atoms with van der Waals surface area (Å²) in [5, 5.41) is 9.00. The van der Waals surface area contributed by atoms with Crippen molar-refractivity contribution in [2.24, 2.45) is 10.7 Å². The molecule has 0 aliphatic carbocycles. The van der Waals surface area contributed by atoms with Gasteiger partial charge in [0.1, 0.15) is 0 Å². The Morgan fingerprint density at radius 2 is 1.61 bits per heavy atom. The Morgan fingerprint density at radius 1 is 0.939 bits per heavy atom. The highest BCUT2D eigenvalue weighted by atomic mass is 127. The van der Waals surface area contributed by atoms with Crippen molar-refractivity contribution in [1.82, 2.24) is 16.0 Å². The van der Waals surface area contributed by atoms with Crippen LogP contribution in [0.2, 0.25) is 0 Å². The summed E-state index contributed by atoms with van der Waals surface area (Å²) < 4.78 is 10.6. The summed E-state index contributed by atoms with van der Waals surface area (Å²) in [6.07, 6.45) is 0.792. The van der Waals surface area contributed by atoms with E-state index < -0.39 is 5.91 Å². The fourth-order valence-corrected chi connectivity index (χ4v) is 2.90. The number of benzene rings is 2. The number of carbonyl (C=O) groups is 2. The molecule has 0 aliphatic heterocycles. The maximum atomic E-state index is 11.9. The molecule has 5 N–H and O–H groups in total. The Bertz CT molecular complexity index is 935. The van der Waals surface area contributed by atoms with Gasteiger partial charge in [0, 0.05) is 18.7 Å². The molecule has 9 nitrogen and oxygen atoms in total. The summed E-state index contributed by atoms with van der Waals surface area (Å²) in [5.74, 6) is 1.19. The lowest BCUT2D eigenvalue weighted by Gasteiger charge is -2.13. The minimum Gasteiger partial charge on any atom is -0.493 e. The molecule has 0 saturated carbocycles. The second-order valence-electron chi connectivity index (χ2n) is 6.91. The average Bonchev–Trinajstić information content (AvgIpc) is 2.81. The lowest BCUT2D eigenvalue weighted by molar-refractivity contribution is -0.117. The monoisotopic (exact) mass is 569 g/mol. The maximum absolute atomic E-state index is 11.9. The second kappa shape index (κ2) is 14.9. The highest BCUT2D eigenvalue weighted by Crippen LogP contribution is 2.27. The first-order chi connectivity index (χ1) is 15.5. The molecule has 2 rings (SSSR count). The molecule has 0 bridgehead atoms. The van der Waals surface area contributed by atoms with Crippen molar-refractivity contribution < 1.29 is 19.1 Å². The van der Waals surface area contributed by atoms with Gasteiger partial charge >= 0.3 is 0 Å². The number of hydrogen-bond donors (Lipinski definition) is 4. The first-order valence-electron chi connectivity index (χ1n) is 10.3. The topological polar surface area (TPSA) is 127 Å². The van der Waals surface area contributed by atoms with Crippen molar-refractivity contribution in [2.75, 3.05) is 33.9 Å². The summed E-state index contributed by atoms with van der Waals surface area (Å²) in [4.78, 5) is 27.3. The number of methoxy groups -OCH3 is 2. The highest BCUT2D eigenvalue weighted by molar-refractivity contribution is 14.0. The van der Waals surface area contributed by atoms with Gasteiger partial charge < -0.3 is 31.2 Å². The van der Waals surface area contributed by atoms with E-state index in [-0.39, 0.29) is 36.4 Å². The standard InChI is InChI=1S/C23H31N5O4.HI/c1-4-25-23(26-12-11-16-7-10-19(31-2)20(13-16)32-3)28-14-17-5-8-18(9-6-17)22(30)27-15-21(24)29;/h5-10,13H,4,11-12,14-15H2,1-3H3,(H2,24,29)(H,27,30)(H2,25,26,28);1H. The summed E-state index contributed by atoms with van der Waals surface area (Å²) >= 11 is 0. The Kier molecular flexibility index (Phi) is 12.7. The van der Waals surface area contributed by atoms with Gasteiger partial charge in [0.05, 0.1) is 27.3 Å². The van der Waals surface area contributed by atoms with Crippen LogP contribution in [-0.2, 0) is 17.8 Å². The van der Waals surface area contributed by atoms with Crippen LogP contribution in [0.5, 0.6) is 11.5 Å². The molecule has 10 heteroatoms. The van der Waals surface area contributed by atoms with Crippen LogP contribution in [0.1, 0.15) is 28.4 Å². The molecule has 0 saturated heterocycles. The minimum atomic E-state index is -0.584. The van der Waals surface area contributed by atoms with E-state index in [0.717, 1.165) is 24.1 Å². The number of amides is 2. The van der Waals surface area contributed by atoms with Crippen molar-refractivity contribution in [3.05, 3.63) is 59.2 Å². The SMILES string of the molecule is CCNC(=NCc1ccc(C(=O)NCC(N)=O)cc1)NCCc1ccc(OC)c(OC)c1.I. The van der Waals surface area contributed by atoms with Gasteiger partial charge in [0.15, 0.2) is 17.5 Å². The molecular weight excluding hydrogens is 537 g/mol. The van der Waals surface area contributed by atoms with Crippen molar-refractivity contribution in [2.45, 2.75) is 19.9 Å². The Morgan fingerprint density at radius 3 is 2.21 bits per heavy atom. The lowest BCUT2D eigenvalue weighted by Crippen LogP contribution is -2.38. The molecule has 180 valence electrons. The van der Waals surface area contributed by atoms with Gasteiger partial charge in [-0.2, -0.15) is 0 Å². The number of ether oxygens (including phenoxy) is 2. The van der Waals surface area contributed by atoms with Gasteiger partial charge in [-0.15, -0.1) is 24.0 Å². The fourth-order valence-electron chi connectivity index (χ4n) is 2.90. The molecule has 0 atom stereocenters. The quantitative estimate of drug-likeness (QED) is 0.186. The number of nitrogens with one attached hydrogen (secondary N) is 3. The number of nitrogens with two attached hydrogens (primary N) is 1. The van der Waals surface area contributed by atoms with Gasteiger partial charge in [-0.1, -0.05) is 18.2 Å². The summed E-state index contributed by atoms with van der Waals surface area (Å²) in [7, 11) is 3.24. The molecule has 0 unspecified atom stereocenters. The van der Waals surface area contributed by atoms with Crippen LogP contribution in [0.3, 0.4) is 0 Å². The fraction of sp³-hybridized carbons (Fsp3) is 0.348. The number of guanidine groups is 1. The first kappa shape index (κ1) is 28.0. The van der Waals surface area contributed by atoms with Crippen molar-refractivity contribution in [1.29, 1.82) is 0 Å². The number of rotatable bonds is 11. The zero-order valence-electron chi connectivity index (χ0n) is 19.1. The van der Waals surface area contributed by atoms with Crippen molar-refractivity contribution >= 4 is 41.8 Å². The highest BCUT2D eigenvalue weighted by Gasteiger charge is 2.07. The van der Waals surface area contributed by atoms with Gasteiger partial charge in [0.25, 0.3) is 5.91 Å². The van der Waals surface area contributed by atoms with E-state index >= 15 is 0 Å². The lowest BCUT2D eigenvalue weighted by atomic mass is 10.1. The van der Waals surface area contributed by atoms with Gasteiger partial charge in [-0.05, 0) is 48.7 Å². The van der Waals surface area contributed by atoms with Crippen LogP contribution in [0.4, 0.5) is 0 Å². The number of halogens is 1. The van der Waals surface area contributed by atoms with Gasteiger partial charge in [-0.25, -0.2) is 4.99 Å². The van der Waals surface area contributed by atoms with Crippen molar-refractivity contribution in [3.8, 4) is 11.5 Å². The van der Waals surface area contributed by atoms with E-state index in [9.17, 15) is 9.59 Å². The zero-order valence-corrected chi connectivity index (χ0v) is 21.5. The Labute approximate surface area is 211 Å². The number of aliphatic imine (C=N–C) groups is 1. The summed E-state index contributed by atoms with van der Waals surface area (Å²) in [6, 6.07) is 12.9. The normalized spacial score (nSPS) is 10.6. The molecule has 0 aromatic heterocycles. The molecule has 0 fully saturated rings. The predicted octanol–water partition coefficient (Wildman–Crippen LogP) is 1.83. The average molecular weight is 569 g/mol. The number of primary amides is 1. The molecule has 0 heterocycles. The van der Waals surface area contributed by atoms with Crippen LogP contribution in [0, 0.1) is 0 Å². The smallest absolute Gasteiger partial charge is 0.251 e. The van der Waals surface area contributed by atoms with E-state index in [4.69, 9.17) is 15.2 Å². The van der Waals surface area contributed by atoms with Crippen molar-refractivity contribution in [3.63, 3.8) is 0 Å². The second-order valence-corrected chi connectivity index (χ2v) is 6.91. The number of carbonyl (C=O) groups excluding carboxylic acids is 2. The third-order valence-electron chi connectivity index (χ3n) is 4.56. The van der Waals surface area contributed by atoms with E-state index in [2.05, 4.69) is 20.9 Å². The van der Waals surface area contributed by atoms with Crippen LogP contribution in [0.15, 0.2) is 47.5 Å². The first-order valence-corrected chi connectivity index (χ1v) is 10.3. The molecule has 0 radical (unpaired) electrons. The minimum absolute atomic E-state index is 0. The van der Waals surface area contributed by atoms with E-state index in [1.807, 2.05) is 37.3 Å². The van der Waals surface area contributed by atoms with Crippen LogP contribution >= 0.6 is 24.0 Å². The van der Waals surface area contributed by atoms with Crippen LogP contribution in [-0.4, -0.2) is 51.6 Å². The largest absolute Gasteiger partial charge is 0.493 e. The molecule has 2 amide bonds. The summed E-state index contributed by atoms with van der Waals surface area (Å²) in [5.41, 5.74) is 7.57. The van der Waals surface area contributed by atoms with E-state index in [1.54, 1.807) is 26.4 Å². The van der Waals surface area contributed by atoms with Crippen LogP contribution < -0.4 is 31.2 Å². The third-order valence-corrected chi connectivity index (χ3v) is 4.56. The zero-order chi connectivity index (χ0) is 23.3. The predicted molar refractivity (Wildman–Crippen MR) is 139 cm³/mol.